The predicted molar refractivity (Wildman–Crippen MR) is 127 cm³/mol. The summed E-state index contributed by atoms with van der Waals surface area (Å²) in [5.74, 6) is 1.01. The van der Waals surface area contributed by atoms with Crippen molar-refractivity contribution in [2.24, 2.45) is 4.99 Å². The maximum Gasteiger partial charge on any atom is 0.130 e. The van der Waals surface area contributed by atoms with E-state index in [-0.39, 0.29) is 5.54 Å². The second-order valence-electron chi connectivity index (χ2n) is 7.65. The van der Waals surface area contributed by atoms with Crippen LogP contribution < -0.4 is 15.5 Å². The minimum Gasteiger partial charge on any atom is -0.383 e. The van der Waals surface area contributed by atoms with Crippen LogP contribution in [0.25, 0.3) is 0 Å². The molecule has 0 amide bonds. The summed E-state index contributed by atoms with van der Waals surface area (Å²) in [7, 11) is 1.71. The van der Waals surface area contributed by atoms with Crippen LogP contribution >= 0.6 is 34.8 Å². The van der Waals surface area contributed by atoms with Crippen molar-refractivity contribution >= 4 is 52.0 Å². The standard InChI is InChI=1S/C22H25Cl3N4O/c1-30-10-9-29-20-13-18(25)17(24)12-19(20)28-22(5-7-26-8-6-22)21(29)27-14-15-3-2-4-16(23)11-15/h2-4,11-13,26,28H,5-10,14H2,1H3/b27-21+. The number of benzene rings is 2. The van der Waals surface area contributed by atoms with E-state index in [0.717, 1.165) is 48.7 Å². The summed E-state index contributed by atoms with van der Waals surface area (Å²) in [4.78, 5) is 7.35. The van der Waals surface area contributed by atoms with E-state index in [1.165, 1.54) is 0 Å². The molecule has 0 aromatic heterocycles. The predicted octanol–water partition coefficient (Wildman–Crippen LogP) is 5.25. The number of piperidine rings is 1. The van der Waals surface area contributed by atoms with Gasteiger partial charge in [-0.25, -0.2) is 0 Å². The summed E-state index contributed by atoms with van der Waals surface area (Å²) in [6.07, 6.45) is 1.84. The van der Waals surface area contributed by atoms with Crippen LogP contribution in [0.5, 0.6) is 0 Å². The van der Waals surface area contributed by atoms with Crippen LogP contribution in [0.1, 0.15) is 18.4 Å². The van der Waals surface area contributed by atoms with Crippen LogP contribution in [0.4, 0.5) is 11.4 Å². The fraction of sp³-hybridized carbons (Fsp3) is 0.409. The summed E-state index contributed by atoms with van der Waals surface area (Å²) in [6.45, 7) is 3.62. The van der Waals surface area contributed by atoms with Crippen LogP contribution in [0, 0.1) is 0 Å². The number of anilines is 2. The van der Waals surface area contributed by atoms with Crippen molar-refractivity contribution in [1.29, 1.82) is 0 Å². The van der Waals surface area contributed by atoms with Crippen molar-refractivity contribution in [1.82, 2.24) is 5.32 Å². The van der Waals surface area contributed by atoms with Gasteiger partial charge >= 0.3 is 0 Å². The molecule has 0 radical (unpaired) electrons. The van der Waals surface area contributed by atoms with Crippen molar-refractivity contribution < 1.29 is 4.74 Å². The third-order valence-electron chi connectivity index (χ3n) is 5.66. The topological polar surface area (TPSA) is 48.9 Å². The Kier molecular flexibility index (Phi) is 6.75. The first kappa shape index (κ1) is 21.7. The van der Waals surface area contributed by atoms with E-state index in [1.54, 1.807) is 7.11 Å². The maximum atomic E-state index is 6.38. The minimum atomic E-state index is -0.276. The Morgan fingerprint density at radius 3 is 2.60 bits per heavy atom. The molecule has 2 aromatic carbocycles. The number of methoxy groups -OCH3 is 1. The molecule has 1 fully saturated rings. The lowest BCUT2D eigenvalue weighted by atomic mass is 9.83. The molecular weight excluding hydrogens is 443 g/mol. The molecule has 2 N–H and O–H groups in total. The smallest absolute Gasteiger partial charge is 0.130 e. The monoisotopic (exact) mass is 466 g/mol. The normalized spacial score (nSPS) is 19.1. The van der Waals surface area contributed by atoms with Gasteiger partial charge in [0.25, 0.3) is 0 Å². The fourth-order valence-corrected chi connectivity index (χ4v) is 4.73. The van der Waals surface area contributed by atoms with Gasteiger partial charge in [0.1, 0.15) is 5.84 Å². The summed E-state index contributed by atoms with van der Waals surface area (Å²) in [5.41, 5.74) is 2.74. The van der Waals surface area contributed by atoms with Crippen LogP contribution in [0.15, 0.2) is 41.4 Å². The molecule has 0 aliphatic carbocycles. The molecule has 2 aromatic rings. The average molecular weight is 468 g/mol. The summed E-state index contributed by atoms with van der Waals surface area (Å²) >= 11 is 18.9. The molecule has 30 heavy (non-hydrogen) atoms. The van der Waals surface area contributed by atoms with Crippen LogP contribution in [-0.2, 0) is 11.3 Å². The molecule has 1 saturated heterocycles. The van der Waals surface area contributed by atoms with Crippen molar-refractivity contribution in [2.45, 2.75) is 24.9 Å². The Balaban J connectivity index is 1.80. The largest absolute Gasteiger partial charge is 0.383 e. The number of nitrogens with zero attached hydrogens (tertiary/aromatic N) is 2. The van der Waals surface area contributed by atoms with Gasteiger partial charge in [-0.3, -0.25) is 4.99 Å². The van der Waals surface area contributed by atoms with E-state index < -0.39 is 0 Å². The summed E-state index contributed by atoms with van der Waals surface area (Å²) < 4.78 is 5.41. The summed E-state index contributed by atoms with van der Waals surface area (Å²) in [5, 5.41) is 9.00. The maximum absolute atomic E-state index is 6.38. The highest BCUT2D eigenvalue weighted by molar-refractivity contribution is 6.42. The number of fused-ring (bicyclic) bond motifs is 1. The highest BCUT2D eigenvalue weighted by Crippen LogP contribution is 2.43. The van der Waals surface area contributed by atoms with E-state index in [0.29, 0.717) is 34.8 Å². The van der Waals surface area contributed by atoms with Gasteiger partial charge in [0.05, 0.1) is 40.1 Å². The molecular formula is C22H25Cl3N4O. The molecule has 2 heterocycles. The van der Waals surface area contributed by atoms with Gasteiger partial charge in [0.15, 0.2) is 0 Å². The van der Waals surface area contributed by atoms with E-state index in [4.69, 9.17) is 44.5 Å². The van der Waals surface area contributed by atoms with Crippen LogP contribution in [0.3, 0.4) is 0 Å². The van der Waals surface area contributed by atoms with E-state index >= 15 is 0 Å². The number of ether oxygens (including phenoxy) is 1. The fourth-order valence-electron chi connectivity index (χ4n) is 4.20. The quantitative estimate of drug-likeness (QED) is 0.631. The highest BCUT2D eigenvalue weighted by atomic mass is 35.5. The number of hydrogen-bond acceptors (Lipinski definition) is 4. The van der Waals surface area contributed by atoms with Gasteiger partial charge in [-0.1, -0.05) is 46.9 Å². The van der Waals surface area contributed by atoms with Crippen molar-refractivity contribution in [2.75, 3.05) is 43.6 Å². The number of nitrogens with one attached hydrogen (secondary N) is 2. The van der Waals surface area contributed by atoms with Gasteiger partial charge in [-0.15, -0.1) is 0 Å². The Bertz CT molecular complexity index is 944. The van der Waals surface area contributed by atoms with E-state index in [2.05, 4.69) is 15.5 Å². The third kappa shape index (κ3) is 4.41. The van der Waals surface area contributed by atoms with Crippen molar-refractivity contribution in [3.8, 4) is 0 Å². The molecule has 0 unspecified atom stereocenters. The number of rotatable bonds is 5. The second-order valence-corrected chi connectivity index (χ2v) is 8.91. The second kappa shape index (κ2) is 9.33. The minimum absolute atomic E-state index is 0.276. The van der Waals surface area contributed by atoms with Gasteiger partial charge in [-0.05, 0) is 55.8 Å². The number of halogens is 3. The Morgan fingerprint density at radius 1 is 1.10 bits per heavy atom. The van der Waals surface area contributed by atoms with Gasteiger partial charge in [0, 0.05) is 18.7 Å². The summed E-state index contributed by atoms with van der Waals surface area (Å²) in [6, 6.07) is 11.7. The van der Waals surface area contributed by atoms with E-state index in [9.17, 15) is 0 Å². The van der Waals surface area contributed by atoms with Gasteiger partial charge in [-0.2, -0.15) is 0 Å². The molecule has 1 spiro atoms. The van der Waals surface area contributed by atoms with E-state index in [1.807, 2.05) is 36.4 Å². The Morgan fingerprint density at radius 2 is 1.87 bits per heavy atom. The number of hydrogen-bond donors (Lipinski definition) is 2. The molecule has 0 saturated carbocycles. The first-order chi connectivity index (χ1) is 14.5. The Labute approximate surface area is 192 Å². The zero-order valence-corrected chi connectivity index (χ0v) is 19.1. The number of amidine groups is 1. The van der Waals surface area contributed by atoms with Gasteiger partial charge in [0.2, 0.25) is 0 Å². The first-order valence-electron chi connectivity index (χ1n) is 10.1. The molecule has 2 aliphatic rings. The number of aliphatic imine (C=N–C) groups is 1. The molecule has 2 aliphatic heterocycles. The molecule has 160 valence electrons. The zero-order chi connectivity index (χ0) is 21.1. The SMILES string of the molecule is COCCN1/C(=N/Cc2cccc(Cl)c2)C2(CCNCC2)Nc2cc(Cl)c(Cl)cc21. The lowest BCUT2D eigenvalue weighted by Crippen LogP contribution is -2.62. The van der Waals surface area contributed by atoms with Crippen LogP contribution in [0.2, 0.25) is 15.1 Å². The van der Waals surface area contributed by atoms with Crippen molar-refractivity contribution in [3.63, 3.8) is 0 Å². The molecule has 4 rings (SSSR count). The van der Waals surface area contributed by atoms with Gasteiger partial charge < -0.3 is 20.3 Å². The van der Waals surface area contributed by atoms with Crippen LogP contribution in [-0.4, -0.2) is 44.7 Å². The molecule has 8 heteroatoms. The lowest BCUT2D eigenvalue weighted by molar-refractivity contribution is 0.207. The lowest BCUT2D eigenvalue weighted by Gasteiger charge is -2.49. The van der Waals surface area contributed by atoms with Crippen molar-refractivity contribution in [3.05, 3.63) is 57.0 Å². The molecule has 0 atom stereocenters. The average Bonchev–Trinajstić information content (AvgIpc) is 2.73. The first-order valence-corrected chi connectivity index (χ1v) is 11.2. The third-order valence-corrected chi connectivity index (χ3v) is 6.62. The molecule has 5 nitrogen and oxygen atoms in total. The highest BCUT2D eigenvalue weighted by Gasteiger charge is 2.44. The zero-order valence-electron chi connectivity index (χ0n) is 16.9. The Hall–Kier alpha value is -1.50. The molecule has 0 bridgehead atoms.